The molecule has 2 N–H and O–H groups in total. The molecule has 0 aromatic heterocycles. The van der Waals surface area contributed by atoms with Gasteiger partial charge in [0.25, 0.3) is 0 Å². The molecular weight excluding hydrogens is 226 g/mol. The molecule has 0 radical (unpaired) electrons. The molecule has 2 rings (SSSR count). The van der Waals surface area contributed by atoms with Gasteiger partial charge in [0.15, 0.2) is 6.29 Å². The van der Waals surface area contributed by atoms with E-state index in [-0.39, 0.29) is 17.9 Å². The normalized spacial score (nSPS) is 33.0. The summed E-state index contributed by atoms with van der Waals surface area (Å²) < 4.78 is 12.1. The van der Waals surface area contributed by atoms with Gasteiger partial charge in [0, 0.05) is 12.6 Å². The largest absolute Gasteiger partial charge is 0.353 e. The summed E-state index contributed by atoms with van der Waals surface area (Å²) in [5, 5.41) is 0. The van der Waals surface area contributed by atoms with Gasteiger partial charge in [-0.25, -0.2) is 0 Å². The molecule has 0 amide bonds. The number of hydrogen-bond donors (Lipinski definition) is 1. The third-order valence-electron chi connectivity index (χ3n) is 4.78. The van der Waals surface area contributed by atoms with Crippen molar-refractivity contribution in [2.45, 2.75) is 83.6 Å². The minimum atomic E-state index is -0.155. The molecule has 0 aromatic carbocycles. The predicted molar refractivity (Wildman–Crippen MR) is 73.3 cm³/mol. The van der Waals surface area contributed by atoms with Crippen molar-refractivity contribution < 1.29 is 9.47 Å². The molecule has 1 aliphatic heterocycles. The van der Waals surface area contributed by atoms with Gasteiger partial charge in [-0.05, 0) is 57.3 Å². The van der Waals surface area contributed by atoms with Gasteiger partial charge in [-0.3, -0.25) is 0 Å². The fourth-order valence-corrected chi connectivity index (χ4v) is 3.10. The Bertz CT molecular complexity index is 260. The highest BCUT2D eigenvalue weighted by Gasteiger charge is 2.43. The second kappa shape index (κ2) is 5.48. The predicted octanol–water partition coefficient (Wildman–Crippen LogP) is 3.22. The first-order chi connectivity index (χ1) is 8.44. The lowest BCUT2D eigenvalue weighted by molar-refractivity contribution is -0.242. The molecule has 0 aromatic rings. The minimum Gasteiger partial charge on any atom is -0.353 e. The minimum absolute atomic E-state index is 0.0223. The van der Waals surface area contributed by atoms with E-state index in [0.717, 1.165) is 32.3 Å². The van der Waals surface area contributed by atoms with Crippen LogP contribution in [0.25, 0.3) is 0 Å². The zero-order valence-corrected chi connectivity index (χ0v) is 12.2. The lowest BCUT2D eigenvalue weighted by Crippen LogP contribution is -2.54. The van der Waals surface area contributed by atoms with Crippen molar-refractivity contribution in [2.75, 3.05) is 6.61 Å². The van der Waals surface area contributed by atoms with Gasteiger partial charge >= 0.3 is 0 Å². The first kappa shape index (κ1) is 14.3. The number of rotatable bonds is 3. The second-order valence-corrected chi connectivity index (χ2v) is 6.93. The van der Waals surface area contributed by atoms with E-state index in [1.165, 1.54) is 19.3 Å². The number of ether oxygens (including phenoxy) is 2. The summed E-state index contributed by atoms with van der Waals surface area (Å²) in [6.45, 7) is 7.61. The van der Waals surface area contributed by atoms with Crippen LogP contribution in [-0.2, 0) is 9.47 Å². The molecular formula is C15H29NO2. The molecule has 18 heavy (non-hydrogen) atoms. The van der Waals surface area contributed by atoms with E-state index in [4.69, 9.17) is 15.2 Å². The summed E-state index contributed by atoms with van der Waals surface area (Å²) in [5.41, 5.74) is 6.51. The van der Waals surface area contributed by atoms with Crippen LogP contribution in [0.2, 0.25) is 0 Å². The molecule has 3 heteroatoms. The Morgan fingerprint density at radius 3 is 2.33 bits per heavy atom. The maximum Gasteiger partial charge on any atom is 0.158 e. The molecule has 0 spiro atoms. The van der Waals surface area contributed by atoms with Crippen molar-refractivity contribution >= 4 is 0 Å². The maximum absolute atomic E-state index is 6.33. The third-order valence-corrected chi connectivity index (χ3v) is 4.78. The van der Waals surface area contributed by atoms with Crippen LogP contribution in [0.1, 0.15) is 65.7 Å². The van der Waals surface area contributed by atoms with Gasteiger partial charge in [0.2, 0.25) is 0 Å². The van der Waals surface area contributed by atoms with Crippen LogP contribution in [0.5, 0.6) is 0 Å². The van der Waals surface area contributed by atoms with Crippen LogP contribution in [0.4, 0.5) is 0 Å². The van der Waals surface area contributed by atoms with Crippen molar-refractivity contribution in [3.8, 4) is 0 Å². The highest BCUT2D eigenvalue weighted by atomic mass is 16.7. The molecule has 0 bridgehead atoms. The van der Waals surface area contributed by atoms with Gasteiger partial charge in [-0.1, -0.05) is 13.8 Å². The summed E-state index contributed by atoms with van der Waals surface area (Å²) in [7, 11) is 0. The first-order valence-electron chi connectivity index (χ1n) is 7.49. The summed E-state index contributed by atoms with van der Waals surface area (Å²) in [6.07, 6.45) is 7.91. The number of nitrogens with two attached hydrogens (primary N) is 1. The Morgan fingerprint density at radius 2 is 1.83 bits per heavy atom. The van der Waals surface area contributed by atoms with Crippen LogP contribution < -0.4 is 5.73 Å². The highest BCUT2D eigenvalue weighted by molar-refractivity contribution is 4.96. The van der Waals surface area contributed by atoms with Crippen LogP contribution in [-0.4, -0.2) is 24.5 Å². The van der Waals surface area contributed by atoms with E-state index < -0.39 is 0 Å². The summed E-state index contributed by atoms with van der Waals surface area (Å²) in [4.78, 5) is 0. The molecule has 1 aliphatic carbocycles. The molecule has 2 fully saturated rings. The molecule has 3 nitrogen and oxygen atoms in total. The Labute approximate surface area is 111 Å². The smallest absolute Gasteiger partial charge is 0.158 e. The van der Waals surface area contributed by atoms with Gasteiger partial charge in [0.05, 0.1) is 5.60 Å². The Morgan fingerprint density at radius 1 is 1.17 bits per heavy atom. The van der Waals surface area contributed by atoms with Gasteiger partial charge in [-0.15, -0.1) is 0 Å². The van der Waals surface area contributed by atoms with Gasteiger partial charge in [-0.2, -0.15) is 0 Å². The first-order valence-corrected chi connectivity index (χ1v) is 7.49. The van der Waals surface area contributed by atoms with Crippen LogP contribution in [0, 0.1) is 5.41 Å². The lowest BCUT2D eigenvalue weighted by atomic mass is 9.69. The zero-order valence-electron chi connectivity index (χ0n) is 12.2. The second-order valence-electron chi connectivity index (χ2n) is 6.93. The van der Waals surface area contributed by atoms with E-state index in [1.807, 2.05) is 0 Å². The summed E-state index contributed by atoms with van der Waals surface area (Å²) in [6, 6.07) is 0.0825. The average molecular weight is 255 g/mol. The molecule has 1 saturated carbocycles. The molecule has 1 saturated heterocycles. The highest BCUT2D eigenvalue weighted by Crippen LogP contribution is 2.44. The van der Waals surface area contributed by atoms with Crippen molar-refractivity contribution in [1.82, 2.24) is 0 Å². The van der Waals surface area contributed by atoms with Crippen molar-refractivity contribution in [3.05, 3.63) is 0 Å². The molecule has 2 unspecified atom stereocenters. The topological polar surface area (TPSA) is 44.5 Å². The molecule has 1 heterocycles. The van der Waals surface area contributed by atoms with Crippen molar-refractivity contribution in [3.63, 3.8) is 0 Å². The third kappa shape index (κ3) is 3.25. The van der Waals surface area contributed by atoms with Crippen LogP contribution in [0.3, 0.4) is 0 Å². The van der Waals surface area contributed by atoms with E-state index in [9.17, 15) is 0 Å². The van der Waals surface area contributed by atoms with E-state index >= 15 is 0 Å². The van der Waals surface area contributed by atoms with Crippen molar-refractivity contribution in [2.24, 2.45) is 11.1 Å². The summed E-state index contributed by atoms with van der Waals surface area (Å²) in [5.74, 6) is 0. The van der Waals surface area contributed by atoms with E-state index in [1.54, 1.807) is 0 Å². The Hall–Kier alpha value is -0.120. The molecule has 2 aliphatic rings. The zero-order chi connectivity index (χ0) is 13.2. The van der Waals surface area contributed by atoms with E-state index in [0.29, 0.717) is 5.41 Å². The lowest BCUT2D eigenvalue weighted by Gasteiger charge is -2.47. The quantitative estimate of drug-likeness (QED) is 0.842. The number of hydrogen-bond acceptors (Lipinski definition) is 3. The Balaban J connectivity index is 1.99. The van der Waals surface area contributed by atoms with Crippen molar-refractivity contribution in [1.29, 1.82) is 0 Å². The fraction of sp³-hybridized carbons (Fsp3) is 1.00. The van der Waals surface area contributed by atoms with Gasteiger partial charge in [0.1, 0.15) is 0 Å². The fourth-order valence-electron chi connectivity index (χ4n) is 3.10. The van der Waals surface area contributed by atoms with Gasteiger partial charge < -0.3 is 15.2 Å². The monoisotopic (exact) mass is 255 g/mol. The van der Waals surface area contributed by atoms with Crippen LogP contribution >= 0.6 is 0 Å². The summed E-state index contributed by atoms with van der Waals surface area (Å²) >= 11 is 0. The van der Waals surface area contributed by atoms with Crippen LogP contribution in [0.15, 0.2) is 0 Å². The molecule has 106 valence electrons. The molecule has 2 atom stereocenters. The standard InChI is InChI=1S/C15H29NO2/c1-12(16)15(9-7-14(2,3)8-10-15)18-13-6-4-5-11-17-13/h12-13H,4-11,16H2,1-3H3. The average Bonchev–Trinajstić information content (AvgIpc) is 2.33. The van der Waals surface area contributed by atoms with E-state index in [2.05, 4.69) is 20.8 Å². The SMILES string of the molecule is CC(N)C1(OC2CCCCO2)CCC(C)(C)CC1. The maximum atomic E-state index is 6.33. The Kier molecular flexibility index (Phi) is 4.35.